The molecule has 1 heterocycles. The minimum atomic E-state index is -3.54. The number of rotatable bonds is 6. The summed E-state index contributed by atoms with van der Waals surface area (Å²) in [5, 5.41) is 0. The first-order valence-corrected chi connectivity index (χ1v) is 10.4. The molecule has 1 fully saturated rings. The minimum Gasteiger partial charge on any atom is -0.374 e. The summed E-state index contributed by atoms with van der Waals surface area (Å²) in [5.41, 5.74) is 1.25. The Morgan fingerprint density at radius 3 is 2.72 bits per heavy atom. The summed E-state index contributed by atoms with van der Waals surface area (Å²) in [6, 6.07) is 16.9. The van der Waals surface area contributed by atoms with Crippen LogP contribution in [0, 0.1) is 0 Å². The summed E-state index contributed by atoms with van der Waals surface area (Å²) in [6.45, 7) is 3.27. The van der Waals surface area contributed by atoms with Crippen molar-refractivity contribution in [3.8, 4) is 0 Å². The molecule has 2 aromatic carbocycles. The van der Waals surface area contributed by atoms with Gasteiger partial charge in [-0.2, -0.15) is 0 Å². The van der Waals surface area contributed by atoms with Crippen molar-refractivity contribution in [2.45, 2.75) is 17.5 Å². The van der Waals surface area contributed by atoms with Crippen molar-refractivity contribution in [2.75, 3.05) is 26.2 Å². The predicted molar refractivity (Wildman–Crippen MR) is 101 cm³/mol. The van der Waals surface area contributed by atoms with E-state index in [0.29, 0.717) is 13.2 Å². The minimum absolute atomic E-state index is 0.153. The Morgan fingerprint density at radius 1 is 1.16 bits per heavy atom. The maximum atomic E-state index is 12.4. The molecule has 0 radical (unpaired) electrons. The van der Waals surface area contributed by atoms with Crippen molar-refractivity contribution in [1.29, 1.82) is 0 Å². The summed E-state index contributed by atoms with van der Waals surface area (Å²) >= 11 is 3.30. The van der Waals surface area contributed by atoms with E-state index in [4.69, 9.17) is 4.74 Å². The third-order valence-corrected chi connectivity index (χ3v) is 5.99. The summed E-state index contributed by atoms with van der Waals surface area (Å²) < 4.78 is 33.9. The van der Waals surface area contributed by atoms with Crippen LogP contribution in [0.5, 0.6) is 0 Å². The van der Waals surface area contributed by atoms with Crippen molar-refractivity contribution >= 4 is 26.0 Å². The van der Waals surface area contributed by atoms with E-state index < -0.39 is 10.0 Å². The third kappa shape index (κ3) is 5.36. The third-order valence-electron chi connectivity index (χ3n) is 4.08. The van der Waals surface area contributed by atoms with Gasteiger partial charge in [-0.05, 0) is 23.8 Å². The van der Waals surface area contributed by atoms with Gasteiger partial charge >= 0.3 is 0 Å². The van der Waals surface area contributed by atoms with Gasteiger partial charge in [-0.15, -0.1) is 0 Å². The quantitative estimate of drug-likeness (QED) is 0.773. The second kappa shape index (κ2) is 8.42. The zero-order valence-corrected chi connectivity index (χ0v) is 16.2. The van der Waals surface area contributed by atoms with Crippen molar-refractivity contribution < 1.29 is 13.2 Å². The molecule has 0 aliphatic carbocycles. The molecule has 0 saturated carbocycles. The average Bonchev–Trinajstić information content (AvgIpc) is 2.61. The molecule has 1 atom stereocenters. The standard InChI is InChI=1S/C18H21BrN2O3S/c19-16-7-4-8-18(11-16)25(22,23)20-12-17-14-21(9-10-24-17)13-15-5-2-1-3-6-15/h1-8,11,17,20H,9-10,12-14H2. The molecule has 25 heavy (non-hydrogen) atoms. The normalized spacial score (nSPS) is 19.0. The number of ether oxygens (including phenoxy) is 1. The van der Waals surface area contributed by atoms with E-state index in [1.807, 2.05) is 18.2 Å². The fourth-order valence-electron chi connectivity index (χ4n) is 2.81. The maximum Gasteiger partial charge on any atom is 0.240 e. The van der Waals surface area contributed by atoms with Gasteiger partial charge in [-0.25, -0.2) is 13.1 Å². The number of benzene rings is 2. The van der Waals surface area contributed by atoms with Crippen LogP contribution < -0.4 is 4.72 Å². The number of morpholine rings is 1. The molecule has 0 amide bonds. The summed E-state index contributed by atoms with van der Waals surface area (Å²) in [4.78, 5) is 2.54. The van der Waals surface area contributed by atoms with E-state index in [1.54, 1.807) is 24.3 Å². The molecule has 1 N–H and O–H groups in total. The second-order valence-corrected chi connectivity index (χ2v) is 8.71. The molecule has 2 aromatic rings. The van der Waals surface area contributed by atoms with E-state index in [2.05, 4.69) is 37.7 Å². The van der Waals surface area contributed by atoms with Crippen LogP contribution in [-0.2, 0) is 21.3 Å². The first-order valence-electron chi connectivity index (χ1n) is 8.16. The lowest BCUT2D eigenvalue weighted by Crippen LogP contribution is -2.47. The monoisotopic (exact) mass is 424 g/mol. The zero-order chi connectivity index (χ0) is 17.7. The Morgan fingerprint density at radius 2 is 1.96 bits per heavy atom. The van der Waals surface area contributed by atoms with Gasteiger partial charge in [0.1, 0.15) is 0 Å². The molecular formula is C18H21BrN2O3S. The van der Waals surface area contributed by atoms with Crippen LogP contribution in [0.15, 0.2) is 64.0 Å². The fourth-order valence-corrected chi connectivity index (χ4v) is 4.47. The van der Waals surface area contributed by atoms with Crippen LogP contribution in [0.25, 0.3) is 0 Å². The molecule has 1 unspecified atom stereocenters. The predicted octanol–water partition coefficient (Wildman–Crippen LogP) is 2.63. The number of hydrogen-bond donors (Lipinski definition) is 1. The Bertz CT molecular complexity index is 799. The lowest BCUT2D eigenvalue weighted by molar-refractivity contribution is -0.0276. The van der Waals surface area contributed by atoms with Gasteiger partial charge < -0.3 is 4.74 Å². The molecule has 134 valence electrons. The highest BCUT2D eigenvalue weighted by atomic mass is 79.9. The van der Waals surface area contributed by atoms with Gasteiger partial charge in [0.05, 0.1) is 17.6 Å². The highest BCUT2D eigenvalue weighted by Crippen LogP contribution is 2.16. The molecule has 1 saturated heterocycles. The van der Waals surface area contributed by atoms with Crippen LogP contribution in [0.2, 0.25) is 0 Å². The Labute approximate surface area is 157 Å². The topological polar surface area (TPSA) is 58.6 Å². The van der Waals surface area contributed by atoms with Crippen LogP contribution in [0.3, 0.4) is 0 Å². The SMILES string of the molecule is O=S(=O)(NCC1CN(Cc2ccccc2)CCO1)c1cccc(Br)c1. The first-order chi connectivity index (χ1) is 12.0. The number of sulfonamides is 1. The molecular weight excluding hydrogens is 404 g/mol. The highest BCUT2D eigenvalue weighted by Gasteiger charge is 2.23. The molecule has 3 rings (SSSR count). The maximum absolute atomic E-state index is 12.4. The van der Waals surface area contributed by atoms with E-state index in [-0.39, 0.29) is 17.5 Å². The summed E-state index contributed by atoms with van der Waals surface area (Å²) in [6.07, 6.45) is -0.153. The van der Waals surface area contributed by atoms with Gasteiger partial charge in [0.25, 0.3) is 0 Å². The molecule has 0 bridgehead atoms. The van der Waals surface area contributed by atoms with Gasteiger partial charge in [-0.3, -0.25) is 4.90 Å². The second-order valence-electron chi connectivity index (χ2n) is 6.02. The number of hydrogen-bond acceptors (Lipinski definition) is 4. The van der Waals surface area contributed by atoms with Crippen LogP contribution >= 0.6 is 15.9 Å². The van der Waals surface area contributed by atoms with E-state index in [9.17, 15) is 8.42 Å². The van der Waals surface area contributed by atoms with Crippen LogP contribution in [-0.4, -0.2) is 45.7 Å². The largest absolute Gasteiger partial charge is 0.374 e. The van der Waals surface area contributed by atoms with E-state index in [0.717, 1.165) is 17.6 Å². The first kappa shape index (κ1) is 18.5. The Kier molecular flexibility index (Phi) is 6.24. The Hall–Kier alpha value is -1.25. The van der Waals surface area contributed by atoms with E-state index >= 15 is 0 Å². The molecule has 1 aliphatic rings. The smallest absolute Gasteiger partial charge is 0.240 e. The van der Waals surface area contributed by atoms with Crippen LogP contribution in [0.1, 0.15) is 5.56 Å². The molecule has 7 heteroatoms. The average molecular weight is 425 g/mol. The van der Waals surface area contributed by atoms with Crippen molar-refractivity contribution in [1.82, 2.24) is 9.62 Å². The van der Waals surface area contributed by atoms with Crippen molar-refractivity contribution in [3.63, 3.8) is 0 Å². The lowest BCUT2D eigenvalue weighted by Gasteiger charge is -2.33. The van der Waals surface area contributed by atoms with Gasteiger partial charge in [-0.1, -0.05) is 52.3 Å². The molecule has 0 spiro atoms. The van der Waals surface area contributed by atoms with Gasteiger partial charge in [0.2, 0.25) is 10.0 Å². The fraction of sp³-hybridized carbons (Fsp3) is 0.333. The highest BCUT2D eigenvalue weighted by molar-refractivity contribution is 9.10. The number of nitrogens with zero attached hydrogens (tertiary/aromatic N) is 1. The lowest BCUT2D eigenvalue weighted by atomic mass is 10.2. The zero-order valence-electron chi connectivity index (χ0n) is 13.8. The Balaban J connectivity index is 1.56. The number of halogens is 1. The van der Waals surface area contributed by atoms with Gasteiger partial charge in [0.15, 0.2) is 0 Å². The van der Waals surface area contributed by atoms with Crippen molar-refractivity contribution in [3.05, 3.63) is 64.6 Å². The molecule has 5 nitrogen and oxygen atoms in total. The number of nitrogens with one attached hydrogen (secondary N) is 1. The van der Waals surface area contributed by atoms with E-state index in [1.165, 1.54) is 5.56 Å². The molecule has 1 aliphatic heterocycles. The molecule has 0 aromatic heterocycles. The van der Waals surface area contributed by atoms with Crippen molar-refractivity contribution in [2.24, 2.45) is 0 Å². The van der Waals surface area contributed by atoms with Crippen LogP contribution in [0.4, 0.5) is 0 Å². The van der Waals surface area contributed by atoms with Gasteiger partial charge in [0, 0.05) is 30.7 Å². The summed E-state index contributed by atoms with van der Waals surface area (Å²) in [7, 11) is -3.54. The summed E-state index contributed by atoms with van der Waals surface area (Å²) in [5.74, 6) is 0.